The molecule has 0 spiro atoms. The molecule has 0 unspecified atom stereocenters. The van der Waals surface area contributed by atoms with Crippen molar-refractivity contribution in [1.82, 2.24) is 14.2 Å². The fraction of sp³-hybridized carbons (Fsp3) is 0.269. The molecule has 0 saturated heterocycles. The molecular formula is C26H28N4O3. The number of aryl methyl sites for hydroxylation is 1. The summed E-state index contributed by atoms with van der Waals surface area (Å²) in [7, 11) is 0. The van der Waals surface area contributed by atoms with E-state index in [1.807, 2.05) is 48.5 Å². The third-order valence-electron chi connectivity index (χ3n) is 5.48. The number of anilines is 1. The molecule has 33 heavy (non-hydrogen) atoms. The zero-order valence-corrected chi connectivity index (χ0v) is 19.0. The molecule has 2 heterocycles. The van der Waals surface area contributed by atoms with Crippen molar-refractivity contribution < 1.29 is 9.53 Å². The van der Waals surface area contributed by atoms with Crippen LogP contribution in [0.4, 0.5) is 5.69 Å². The van der Waals surface area contributed by atoms with Crippen LogP contribution in [0.1, 0.15) is 32.3 Å². The van der Waals surface area contributed by atoms with Crippen LogP contribution in [-0.4, -0.2) is 26.7 Å². The summed E-state index contributed by atoms with van der Waals surface area (Å²) in [5, 5.41) is 7.35. The lowest BCUT2D eigenvalue weighted by atomic mass is 10.1. The van der Waals surface area contributed by atoms with E-state index in [0.717, 1.165) is 30.6 Å². The van der Waals surface area contributed by atoms with E-state index < -0.39 is 0 Å². The van der Waals surface area contributed by atoms with Gasteiger partial charge in [-0.2, -0.15) is 5.10 Å². The van der Waals surface area contributed by atoms with E-state index in [9.17, 15) is 9.59 Å². The van der Waals surface area contributed by atoms with Gasteiger partial charge in [0.25, 0.3) is 5.56 Å². The molecule has 0 radical (unpaired) electrons. The van der Waals surface area contributed by atoms with Crippen LogP contribution in [0, 0.1) is 0 Å². The van der Waals surface area contributed by atoms with Gasteiger partial charge in [0.2, 0.25) is 5.91 Å². The van der Waals surface area contributed by atoms with Crippen LogP contribution in [-0.2, 0) is 17.8 Å². The smallest absolute Gasteiger partial charge is 0.277 e. The van der Waals surface area contributed by atoms with Crippen molar-refractivity contribution in [2.45, 2.75) is 39.7 Å². The first-order valence-electron chi connectivity index (χ1n) is 11.3. The van der Waals surface area contributed by atoms with E-state index in [2.05, 4.69) is 24.3 Å². The first-order valence-corrected chi connectivity index (χ1v) is 11.3. The Bertz CT molecular complexity index is 1290. The molecule has 1 amide bonds. The van der Waals surface area contributed by atoms with Crippen molar-refractivity contribution in [1.29, 1.82) is 0 Å². The monoisotopic (exact) mass is 444 g/mol. The summed E-state index contributed by atoms with van der Waals surface area (Å²) >= 11 is 0. The summed E-state index contributed by atoms with van der Waals surface area (Å²) in [5.41, 5.74) is 3.62. The summed E-state index contributed by atoms with van der Waals surface area (Å²) in [5.74, 6) is 0.553. The summed E-state index contributed by atoms with van der Waals surface area (Å²) in [4.78, 5) is 25.4. The minimum absolute atomic E-state index is 0.0742. The number of benzene rings is 2. The number of hydrogen-bond acceptors (Lipinski definition) is 4. The number of hydrogen-bond donors (Lipinski definition) is 1. The number of amides is 1. The molecule has 0 atom stereocenters. The molecule has 4 rings (SSSR count). The van der Waals surface area contributed by atoms with Gasteiger partial charge in [0, 0.05) is 23.6 Å². The van der Waals surface area contributed by atoms with Crippen LogP contribution >= 0.6 is 0 Å². The average Bonchev–Trinajstić information content (AvgIpc) is 3.27. The molecule has 0 aliphatic carbocycles. The lowest BCUT2D eigenvalue weighted by Gasteiger charge is -2.08. The second-order valence-corrected chi connectivity index (χ2v) is 7.92. The summed E-state index contributed by atoms with van der Waals surface area (Å²) in [6.45, 7) is 4.83. The highest BCUT2D eigenvalue weighted by molar-refractivity contribution is 5.90. The van der Waals surface area contributed by atoms with E-state index in [1.54, 1.807) is 23.0 Å². The van der Waals surface area contributed by atoms with Crippen molar-refractivity contribution in [3.8, 4) is 17.0 Å². The number of nitrogens with one attached hydrogen (secondary N) is 1. The van der Waals surface area contributed by atoms with Crippen molar-refractivity contribution in [3.05, 3.63) is 82.9 Å². The average molecular weight is 445 g/mol. The summed E-state index contributed by atoms with van der Waals surface area (Å²) in [6.07, 6.45) is 6.31. The van der Waals surface area contributed by atoms with Gasteiger partial charge in [-0.15, -0.1) is 0 Å². The highest BCUT2D eigenvalue weighted by Gasteiger charge is 2.12. The van der Waals surface area contributed by atoms with Crippen molar-refractivity contribution in [2.75, 3.05) is 11.9 Å². The number of carbonyl (C=O) groups is 1. The van der Waals surface area contributed by atoms with Crippen molar-refractivity contribution in [2.24, 2.45) is 0 Å². The van der Waals surface area contributed by atoms with Crippen LogP contribution < -0.4 is 15.6 Å². The Morgan fingerprint density at radius 1 is 1.03 bits per heavy atom. The molecule has 2 aromatic carbocycles. The Balaban J connectivity index is 1.48. The van der Waals surface area contributed by atoms with E-state index in [-0.39, 0.29) is 18.0 Å². The highest BCUT2D eigenvalue weighted by atomic mass is 16.5. The lowest BCUT2D eigenvalue weighted by Crippen LogP contribution is -2.28. The van der Waals surface area contributed by atoms with Crippen molar-refractivity contribution >= 4 is 17.1 Å². The molecular weight excluding hydrogens is 416 g/mol. The Hall–Kier alpha value is -3.87. The predicted molar refractivity (Wildman–Crippen MR) is 130 cm³/mol. The SMILES string of the molecule is CCCCOc1ccc(-c2cc3c(=O)n(CC(=O)Nc4ccc(CC)cc4)ccn3n2)cc1. The van der Waals surface area contributed by atoms with Gasteiger partial charge in [0.1, 0.15) is 17.8 Å². The van der Waals surface area contributed by atoms with Gasteiger partial charge in [-0.3, -0.25) is 9.59 Å². The Morgan fingerprint density at radius 3 is 2.48 bits per heavy atom. The molecule has 0 fully saturated rings. The van der Waals surface area contributed by atoms with E-state index >= 15 is 0 Å². The molecule has 0 aliphatic heterocycles. The first kappa shape index (κ1) is 22.3. The molecule has 2 aromatic heterocycles. The number of ether oxygens (including phenoxy) is 1. The minimum atomic E-state index is -0.271. The second-order valence-electron chi connectivity index (χ2n) is 7.92. The van der Waals surface area contributed by atoms with Gasteiger partial charge in [0.15, 0.2) is 0 Å². The van der Waals surface area contributed by atoms with Crippen LogP contribution in [0.25, 0.3) is 16.8 Å². The van der Waals surface area contributed by atoms with Crippen LogP contribution in [0.3, 0.4) is 0 Å². The third kappa shape index (κ3) is 5.31. The Morgan fingerprint density at radius 2 is 1.79 bits per heavy atom. The van der Waals surface area contributed by atoms with Gasteiger partial charge < -0.3 is 14.6 Å². The van der Waals surface area contributed by atoms with Crippen LogP contribution in [0.15, 0.2) is 71.8 Å². The molecule has 0 aliphatic rings. The number of nitrogens with zero attached hydrogens (tertiary/aromatic N) is 3. The lowest BCUT2D eigenvalue weighted by molar-refractivity contribution is -0.116. The minimum Gasteiger partial charge on any atom is -0.494 e. The van der Waals surface area contributed by atoms with Gasteiger partial charge in [-0.1, -0.05) is 32.4 Å². The topological polar surface area (TPSA) is 77.6 Å². The number of fused-ring (bicyclic) bond motifs is 1. The predicted octanol–water partition coefficient (Wildman–Crippen LogP) is 4.54. The van der Waals surface area contributed by atoms with Crippen LogP contribution in [0.5, 0.6) is 5.75 Å². The zero-order valence-electron chi connectivity index (χ0n) is 19.0. The Kier molecular flexibility index (Phi) is 6.88. The molecule has 0 saturated carbocycles. The fourth-order valence-electron chi connectivity index (χ4n) is 3.53. The number of carbonyl (C=O) groups excluding carboxylic acids is 1. The zero-order chi connectivity index (χ0) is 23.2. The maximum absolute atomic E-state index is 12.9. The van der Waals surface area contributed by atoms with Crippen LogP contribution in [0.2, 0.25) is 0 Å². The first-order chi connectivity index (χ1) is 16.1. The summed E-state index contributed by atoms with van der Waals surface area (Å²) in [6, 6.07) is 17.1. The van der Waals surface area contributed by atoms with Crippen molar-refractivity contribution in [3.63, 3.8) is 0 Å². The molecule has 1 N–H and O–H groups in total. The third-order valence-corrected chi connectivity index (χ3v) is 5.48. The Labute approximate surface area is 192 Å². The molecule has 0 bridgehead atoms. The van der Waals surface area contributed by atoms with Gasteiger partial charge >= 0.3 is 0 Å². The molecule has 4 aromatic rings. The molecule has 7 heteroatoms. The maximum atomic E-state index is 12.9. The standard InChI is InChI=1S/C26H28N4O3/c1-3-5-16-33-22-12-8-20(9-13-22)23-17-24-26(32)29(14-15-30(24)28-23)18-25(31)27-21-10-6-19(4-2)7-11-21/h6-15,17H,3-5,16,18H2,1-2H3,(H,27,31). The normalized spacial score (nSPS) is 11.0. The summed E-state index contributed by atoms with van der Waals surface area (Å²) < 4.78 is 8.64. The van der Waals surface area contributed by atoms with E-state index in [1.165, 1.54) is 10.1 Å². The number of rotatable bonds is 9. The molecule has 170 valence electrons. The van der Waals surface area contributed by atoms with Gasteiger partial charge in [-0.25, -0.2) is 4.52 Å². The molecule has 7 nitrogen and oxygen atoms in total. The second kappa shape index (κ2) is 10.2. The number of aromatic nitrogens is 3. The van der Waals surface area contributed by atoms with E-state index in [4.69, 9.17) is 4.74 Å². The maximum Gasteiger partial charge on any atom is 0.277 e. The quantitative estimate of drug-likeness (QED) is 0.385. The van der Waals surface area contributed by atoms with Gasteiger partial charge in [-0.05, 0) is 60.9 Å². The number of unbranched alkanes of at least 4 members (excludes halogenated alkanes) is 1. The fourth-order valence-corrected chi connectivity index (χ4v) is 3.53. The highest BCUT2D eigenvalue weighted by Crippen LogP contribution is 2.22. The largest absolute Gasteiger partial charge is 0.494 e. The van der Waals surface area contributed by atoms with Gasteiger partial charge in [0.05, 0.1) is 12.3 Å². The van der Waals surface area contributed by atoms with E-state index in [0.29, 0.717) is 23.5 Å².